The number of rotatable bonds is 12. The Labute approximate surface area is 217 Å². The Kier molecular flexibility index (Phi) is 7.95. The second-order valence-corrected chi connectivity index (χ2v) is 8.65. The topological polar surface area (TPSA) is 101 Å². The molecule has 0 bridgehead atoms. The molecular weight excluding hydrogens is 464 g/mol. The summed E-state index contributed by atoms with van der Waals surface area (Å²) >= 11 is 0. The zero-order valence-corrected chi connectivity index (χ0v) is 20.6. The van der Waals surface area contributed by atoms with Crippen molar-refractivity contribution in [2.24, 2.45) is 0 Å². The van der Waals surface area contributed by atoms with Gasteiger partial charge in [0.05, 0.1) is 24.7 Å². The molecule has 1 unspecified atom stereocenters. The summed E-state index contributed by atoms with van der Waals surface area (Å²) in [7, 11) is 0. The highest BCUT2D eigenvalue weighted by molar-refractivity contribution is 6.00. The van der Waals surface area contributed by atoms with Crippen molar-refractivity contribution in [3.05, 3.63) is 114 Å². The van der Waals surface area contributed by atoms with Crippen molar-refractivity contribution in [3.63, 3.8) is 0 Å². The lowest BCUT2D eigenvalue weighted by Gasteiger charge is -2.33. The van der Waals surface area contributed by atoms with Gasteiger partial charge in [-0.3, -0.25) is 4.90 Å². The first kappa shape index (κ1) is 25.6. The summed E-state index contributed by atoms with van der Waals surface area (Å²) in [6.45, 7) is 9.79. The fraction of sp³-hybridized carbons (Fsp3) is 0.167. The van der Waals surface area contributed by atoms with Crippen LogP contribution in [0.4, 0.5) is 5.69 Å². The Morgan fingerprint density at radius 3 is 2.35 bits per heavy atom. The van der Waals surface area contributed by atoms with Gasteiger partial charge in [0, 0.05) is 54.0 Å². The van der Waals surface area contributed by atoms with Gasteiger partial charge in [-0.25, -0.2) is 4.79 Å². The average molecular weight is 495 g/mol. The van der Waals surface area contributed by atoms with Crippen LogP contribution < -0.4 is 9.64 Å². The molecule has 1 heterocycles. The highest BCUT2D eigenvalue weighted by Gasteiger charge is 2.30. The number of fused-ring (bicyclic) bond motifs is 2. The van der Waals surface area contributed by atoms with Crippen molar-refractivity contribution in [2.75, 3.05) is 31.1 Å². The van der Waals surface area contributed by atoms with Gasteiger partial charge in [0.25, 0.3) is 0 Å². The van der Waals surface area contributed by atoms with Gasteiger partial charge in [-0.15, -0.1) is 13.2 Å². The molecule has 0 fully saturated rings. The molecule has 37 heavy (non-hydrogen) atoms. The standard InChI is InChI=1S/C30H30N4O3/c1-3-15-33(16-4-2)21-9-11-25-27(19-21)37-28-20-22(34(17-13-31)18-14-32)10-12-26(28)29(25)23-7-5-6-8-24(23)30(35)36/h3-14,19-21,31-32H,1-2,15-18H2,(H,35,36). The zero-order valence-electron chi connectivity index (χ0n) is 20.6. The van der Waals surface area contributed by atoms with Gasteiger partial charge in [-0.1, -0.05) is 42.5 Å². The van der Waals surface area contributed by atoms with Crippen LogP contribution in [0.5, 0.6) is 5.75 Å². The van der Waals surface area contributed by atoms with Gasteiger partial charge in [0.2, 0.25) is 0 Å². The van der Waals surface area contributed by atoms with Gasteiger partial charge < -0.3 is 25.6 Å². The molecule has 2 aromatic rings. The first-order valence-electron chi connectivity index (χ1n) is 12.0. The highest BCUT2D eigenvalue weighted by Crippen LogP contribution is 2.45. The summed E-state index contributed by atoms with van der Waals surface area (Å²) in [5.74, 6) is 0.245. The van der Waals surface area contributed by atoms with Crippen molar-refractivity contribution < 1.29 is 14.6 Å². The van der Waals surface area contributed by atoms with E-state index in [1.807, 2.05) is 59.5 Å². The van der Waals surface area contributed by atoms with E-state index in [-0.39, 0.29) is 11.6 Å². The SMILES string of the molecule is C=CCN(CC=C)C1C=CC2=C(c3ccccc3C(=O)O)c3ccc(N(CC=N)CC=N)cc3OC2=C1. The molecule has 2 aromatic carbocycles. The molecule has 0 saturated carbocycles. The Bertz CT molecular complexity index is 1320. The second-order valence-electron chi connectivity index (χ2n) is 8.65. The maximum Gasteiger partial charge on any atom is 0.336 e. The quantitative estimate of drug-likeness (QED) is 0.279. The summed E-state index contributed by atoms with van der Waals surface area (Å²) < 4.78 is 6.46. The monoisotopic (exact) mass is 494 g/mol. The third-order valence-corrected chi connectivity index (χ3v) is 6.34. The number of carboxylic acid groups (broad SMARTS) is 1. The van der Waals surface area contributed by atoms with Crippen LogP contribution in [0.3, 0.4) is 0 Å². The van der Waals surface area contributed by atoms with Crippen LogP contribution in [0, 0.1) is 10.8 Å². The predicted octanol–water partition coefficient (Wildman–Crippen LogP) is 5.18. The van der Waals surface area contributed by atoms with E-state index in [0.29, 0.717) is 43.3 Å². The average Bonchev–Trinajstić information content (AvgIpc) is 2.91. The van der Waals surface area contributed by atoms with E-state index in [1.165, 1.54) is 12.4 Å². The lowest BCUT2D eigenvalue weighted by molar-refractivity contribution is 0.0696. The summed E-state index contributed by atoms with van der Waals surface area (Å²) in [5, 5.41) is 25.0. The summed E-state index contributed by atoms with van der Waals surface area (Å²) in [4.78, 5) is 16.2. The van der Waals surface area contributed by atoms with Crippen LogP contribution >= 0.6 is 0 Å². The summed E-state index contributed by atoms with van der Waals surface area (Å²) in [6.07, 6.45) is 12.4. The van der Waals surface area contributed by atoms with E-state index in [1.54, 1.807) is 12.1 Å². The Morgan fingerprint density at radius 2 is 1.70 bits per heavy atom. The minimum absolute atomic E-state index is 0.0530. The van der Waals surface area contributed by atoms with Gasteiger partial charge in [0.1, 0.15) is 11.5 Å². The van der Waals surface area contributed by atoms with Gasteiger partial charge in [-0.2, -0.15) is 0 Å². The van der Waals surface area contributed by atoms with Crippen LogP contribution in [0.1, 0.15) is 21.5 Å². The fourth-order valence-corrected chi connectivity index (χ4v) is 4.70. The lowest BCUT2D eigenvalue weighted by atomic mass is 9.85. The molecule has 7 nitrogen and oxygen atoms in total. The third kappa shape index (κ3) is 5.22. The van der Waals surface area contributed by atoms with Crippen molar-refractivity contribution >= 4 is 29.7 Å². The number of ether oxygens (including phenoxy) is 1. The van der Waals surface area contributed by atoms with E-state index in [0.717, 1.165) is 22.4 Å². The number of anilines is 1. The highest BCUT2D eigenvalue weighted by atomic mass is 16.5. The maximum atomic E-state index is 12.1. The van der Waals surface area contributed by atoms with E-state index in [4.69, 9.17) is 15.6 Å². The normalized spacial score (nSPS) is 15.7. The van der Waals surface area contributed by atoms with Crippen LogP contribution in [-0.4, -0.2) is 60.6 Å². The number of carboxylic acids is 1. The number of aromatic carboxylic acids is 1. The Balaban J connectivity index is 1.91. The first-order chi connectivity index (χ1) is 18.0. The number of nitrogens with one attached hydrogen (secondary N) is 2. The number of carbonyl (C=O) groups is 1. The van der Waals surface area contributed by atoms with Crippen molar-refractivity contribution in [2.45, 2.75) is 6.04 Å². The number of hydrogen-bond acceptors (Lipinski definition) is 6. The van der Waals surface area contributed by atoms with Crippen LogP contribution in [0.2, 0.25) is 0 Å². The van der Waals surface area contributed by atoms with Crippen LogP contribution in [0.15, 0.2) is 97.3 Å². The van der Waals surface area contributed by atoms with E-state index >= 15 is 0 Å². The molecule has 3 N–H and O–H groups in total. The van der Waals surface area contributed by atoms with E-state index in [2.05, 4.69) is 24.1 Å². The molecule has 0 amide bonds. The summed E-state index contributed by atoms with van der Waals surface area (Å²) in [5.41, 5.74) is 4.02. The number of benzene rings is 2. The molecule has 7 heteroatoms. The van der Waals surface area contributed by atoms with Crippen molar-refractivity contribution in [1.82, 2.24) is 4.90 Å². The van der Waals surface area contributed by atoms with Gasteiger partial charge >= 0.3 is 5.97 Å². The van der Waals surface area contributed by atoms with Crippen molar-refractivity contribution in [1.29, 1.82) is 10.8 Å². The molecular formula is C30H30N4O3. The number of allylic oxidation sites excluding steroid dienone is 1. The molecule has 0 spiro atoms. The Morgan fingerprint density at radius 1 is 1.00 bits per heavy atom. The minimum Gasteiger partial charge on any atom is -0.478 e. The zero-order chi connectivity index (χ0) is 26.4. The molecule has 2 aliphatic rings. The second kappa shape index (κ2) is 11.5. The third-order valence-electron chi connectivity index (χ3n) is 6.34. The molecule has 0 aromatic heterocycles. The lowest BCUT2D eigenvalue weighted by Crippen LogP contribution is -2.35. The minimum atomic E-state index is -0.997. The van der Waals surface area contributed by atoms with Gasteiger partial charge in [0.15, 0.2) is 0 Å². The maximum absolute atomic E-state index is 12.1. The predicted molar refractivity (Wildman–Crippen MR) is 149 cm³/mol. The molecule has 4 rings (SSSR count). The largest absolute Gasteiger partial charge is 0.478 e. The number of hydrogen-bond donors (Lipinski definition) is 3. The van der Waals surface area contributed by atoms with E-state index in [9.17, 15) is 9.90 Å². The molecule has 0 radical (unpaired) electrons. The molecule has 0 saturated heterocycles. The molecule has 1 aliphatic carbocycles. The molecule has 1 aliphatic heterocycles. The Hall–Kier alpha value is -4.49. The van der Waals surface area contributed by atoms with Crippen molar-refractivity contribution in [3.8, 4) is 5.75 Å². The van der Waals surface area contributed by atoms with Gasteiger partial charge in [-0.05, 0) is 29.8 Å². The smallest absolute Gasteiger partial charge is 0.336 e. The number of nitrogens with zero attached hydrogens (tertiary/aromatic N) is 2. The van der Waals surface area contributed by atoms with E-state index < -0.39 is 5.97 Å². The fourth-order valence-electron chi connectivity index (χ4n) is 4.70. The summed E-state index contributed by atoms with van der Waals surface area (Å²) in [6, 6.07) is 12.7. The van der Waals surface area contributed by atoms with Crippen LogP contribution in [0.25, 0.3) is 5.57 Å². The van der Waals surface area contributed by atoms with Crippen LogP contribution in [-0.2, 0) is 0 Å². The first-order valence-corrected chi connectivity index (χ1v) is 12.0. The molecule has 1 atom stereocenters. The molecule has 188 valence electrons.